The van der Waals surface area contributed by atoms with Gasteiger partial charge in [-0.1, -0.05) is 0 Å². The zero-order chi connectivity index (χ0) is 13.1. The van der Waals surface area contributed by atoms with E-state index in [1.165, 1.54) is 6.07 Å². The van der Waals surface area contributed by atoms with Crippen LogP contribution in [0, 0.1) is 10.1 Å². The van der Waals surface area contributed by atoms with Crippen LogP contribution in [0.4, 0.5) is 5.88 Å². The van der Waals surface area contributed by atoms with Crippen LogP contribution < -0.4 is 5.32 Å². The number of nitrogens with one attached hydrogen (secondary N) is 1. The van der Waals surface area contributed by atoms with E-state index in [4.69, 9.17) is 27.6 Å². The molecule has 17 heavy (non-hydrogen) atoms. The van der Waals surface area contributed by atoms with Gasteiger partial charge in [-0.25, -0.2) is 0 Å². The fraction of sp³-hybridized carbons (Fsp3) is 0.444. The van der Waals surface area contributed by atoms with Crippen LogP contribution in [0.5, 0.6) is 0 Å². The standard InChI is InChI=1S/C9H10Cl2N2O4/c1-9(4-10,5-11)12-8(14)6-2-3-7(17-6)13(15)16/h2-3H,4-5H2,1H3,(H,12,14). The minimum atomic E-state index is -0.790. The van der Waals surface area contributed by atoms with Crippen molar-refractivity contribution >= 4 is 35.0 Å². The third-order valence-electron chi connectivity index (χ3n) is 2.00. The van der Waals surface area contributed by atoms with Gasteiger partial charge in [-0.3, -0.25) is 14.9 Å². The van der Waals surface area contributed by atoms with Crippen LogP contribution in [0.1, 0.15) is 17.5 Å². The molecule has 1 aromatic heterocycles. The first-order chi connectivity index (χ1) is 7.91. The first-order valence-corrected chi connectivity index (χ1v) is 5.67. The van der Waals surface area contributed by atoms with Crippen molar-refractivity contribution in [1.82, 2.24) is 5.32 Å². The van der Waals surface area contributed by atoms with Gasteiger partial charge in [0.05, 0.1) is 11.6 Å². The second-order valence-electron chi connectivity index (χ2n) is 3.68. The third-order valence-corrected chi connectivity index (χ3v) is 3.18. The van der Waals surface area contributed by atoms with Gasteiger partial charge >= 0.3 is 5.88 Å². The summed E-state index contributed by atoms with van der Waals surface area (Å²) in [5.41, 5.74) is -0.790. The molecule has 6 nitrogen and oxygen atoms in total. The number of carbonyl (C=O) groups is 1. The van der Waals surface area contributed by atoms with Gasteiger partial charge in [0.1, 0.15) is 4.92 Å². The first kappa shape index (κ1) is 13.8. The lowest BCUT2D eigenvalue weighted by Gasteiger charge is -2.25. The van der Waals surface area contributed by atoms with E-state index in [0.717, 1.165) is 6.07 Å². The van der Waals surface area contributed by atoms with Crippen molar-refractivity contribution in [1.29, 1.82) is 0 Å². The lowest BCUT2D eigenvalue weighted by molar-refractivity contribution is -0.402. The van der Waals surface area contributed by atoms with Crippen molar-refractivity contribution < 1.29 is 14.1 Å². The molecule has 0 radical (unpaired) electrons. The molecule has 0 aromatic carbocycles. The largest absolute Gasteiger partial charge is 0.433 e. The Labute approximate surface area is 107 Å². The fourth-order valence-corrected chi connectivity index (χ4v) is 1.41. The lowest BCUT2D eigenvalue weighted by Crippen LogP contribution is -2.49. The Kier molecular flexibility index (Phi) is 4.36. The maximum absolute atomic E-state index is 11.7. The van der Waals surface area contributed by atoms with Gasteiger partial charge in [0.25, 0.3) is 5.91 Å². The number of amides is 1. The molecule has 1 amide bonds. The summed E-state index contributed by atoms with van der Waals surface area (Å²) in [6.07, 6.45) is 0. The molecular weight excluding hydrogens is 271 g/mol. The molecule has 0 atom stereocenters. The molecule has 0 aliphatic heterocycles. The second-order valence-corrected chi connectivity index (χ2v) is 4.21. The molecule has 8 heteroatoms. The average molecular weight is 281 g/mol. The monoisotopic (exact) mass is 280 g/mol. The van der Waals surface area contributed by atoms with Crippen molar-refractivity contribution in [2.45, 2.75) is 12.5 Å². The van der Waals surface area contributed by atoms with E-state index >= 15 is 0 Å². The topological polar surface area (TPSA) is 85.4 Å². The Morgan fingerprint density at radius 3 is 2.53 bits per heavy atom. The SMILES string of the molecule is CC(CCl)(CCl)NC(=O)c1ccc([N+](=O)[O-])o1. The maximum atomic E-state index is 11.7. The van der Waals surface area contributed by atoms with E-state index < -0.39 is 22.3 Å². The number of nitro groups is 1. The van der Waals surface area contributed by atoms with Crippen LogP contribution in [-0.4, -0.2) is 28.1 Å². The van der Waals surface area contributed by atoms with E-state index in [1.54, 1.807) is 6.92 Å². The van der Waals surface area contributed by atoms with Gasteiger partial charge in [-0.15, -0.1) is 23.2 Å². The molecule has 0 unspecified atom stereocenters. The van der Waals surface area contributed by atoms with Crippen LogP contribution in [0.25, 0.3) is 0 Å². The summed E-state index contributed by atoms with van der Waals surface area (Å²) >= 11 is 11.3. The van der Waals surface area contributed by atoms with Crippen LogP contribution in [0.15, 0.2) is 16.5 Å². The fourth-order valence-electron chi connectivity index (χ4n) is 0.986. The average Bonchev–Trinajstić information content (AvgIpc) is 2.78. The number of hydrogen-bond donors (Lipinski definition) is 1. The maximum Gasteiger partial charge on any atom is 0.433 e. The van der Waals surface area contributed by atoms with Gasteiger partial charge in [0.2, 0.25) is 0 Å². The van der Waals surface area contributed by atoms with E-state index in [-0.39, 0.29) is 17.5 Å². The van der Waals surface area contributed by atoms with Gasteiger partial charge < -0.3 is 9.73 Å². The van der Waals surface area contributed by atoms with Crippen molar-refractivity contribution in [2.75, 3.05) is 11.8 Å². The van der Waals surface area contributed by atoms with Crippen molar-refractivity contribution in [3.8, 4) is 0 Å². The zero-order valence-electron chi connectivity index (χ0n) is 8.91. The summed E-state index contributed by atoms with van der Waals surface area (Å²) in [5.74, 6) is -1.01. The molecule has 0 aliphatic rings. The number of hydrogen-bond acceptors (Lipinski definition) is 4. The first-order valence-electron chi connectivity index (χ1n) is 4.60. The van der Waals surface area contributed by atoms with Crippen molar-refractivity contribution in [3.05, 3.63) is 28.0 Å². The molecule has 0 saturated carbocycles. The van der Waals surface area contributed by atoms with Gasteiger partial charge in [-0.2, -0.15) is 0 Å². The van der Waals surface area contributed by atoms with Gasteiger partial charge in [0, 0.05) is 11.8 Å². The molecule has 0 spiro atoms. The zero-order valence-corrected chi connectivity index (χ0v) is 10.4. The normalized spacial score (nSPS) is 11.2. The number of carbonyl (C=O) groups excluding carboxylic acids is 1. The highest BCUT2D eigenvalue weighted by Gasteiger charge is 2.27. The molecular formula is C9H10Cl2N2O4. The third kappa shape index (κ3) is 3.34. The minimum Gasteiger partial charge on any atom is -0.395 e. The summed E-state index contributed by atoms with van der Waals surface area (Å²) in [4.78, 5) is 21.3. The Morgan fingerprint density at radius 2 is 2.12 bits per heavy atom. The van der Waals surface area contributed by atoms with E-state index in [0.29, 0.717) is 0 Å². The highest BCUT2D eigenvalue weighted by molar-refractivity contribution is 6.22. The Morgan fingerprint density at radius 1 is 1.53 bits per heavy atom. The lowest BCUT2D eigenvalue weighted by atomic mass is 10.1. The molecule has 0 bridgehead atoms. The van der Waals surface area contributed by atoms with Crippen LogP contribution in [-0.2, 0) is 0 Å². The molecule has 1 rings (SSSR count). The van der Waals surface area contributed by atoms with Gasteiger partial charge in [-0.05, 0) is 13.0 Å². The number of nitrogens with zero attached hydrogens (tertiary/aromatic N) is 1. The van der Waals surface area contributed by atoms with Crippen molar-refractivity contribution in [2.24, 2.45) is 0 Å². The molecule has 0 aliphatic carbocycles. The Hall–Kier alpha value is -1.27. The predicted molar refractivity (Wildman–Crippen MR) is 62.7 cm³/mol. The number of rotatable bonds is 5. The second kappa shape index (κ2) is 5.37. The molecule has 1 heterocycles. The van der Waals surface area contributed by atoms with Crippen molar-refractivity contribution in [3.63, 3.8) is 0 Å². The number of alkyl halides is 2. The quantitative estimate of drug-likeness (QED) is 0.509. The highest BCUT2D eigenvalue weighted by atomic mass is 35.5. The number of furan rings is 1. The summed E-state index contributed by atoms with van der Waals surface area (Å²) in [6.45, 7) is 1.66. The number of halogens is 2. The van der Waals surface area contributed by atoms with Gasteiger partial charge in [0.15, 0.2) is 5.76 Å². The van der Waals surface area contributed by atoms with E-state index in [1.807, 2.05) is 0 Å². The highest BCUT2D eigenvalue weighted by Crippen LogP contribution is 2.17. The van der Waals surface area contributed by atoms with E-state index in [9.17, 15) is 14.9 Å². The molecule has 94 valence electrons. The van der Waals surface area contributed by atoms with Crippen LogP contribution >= 0.6 is 23.2 Å². The molecule has 0 saturated heterocycles. The molecule has 0 fully saturated rings. The smallest absolute Gasteiger partial charge is 0.395 e. The summed E-state index contributed by atoms with van der Waals surface area (Å²) in [5, 5.41) is 12.9. The summed E-state index contributed by atoms with van der Waals surface area (Å²) in [6, 6.07) is 2.32. The summed E-state index contributed by atoms with van der Waals surface area (Å²) in [7, 11) is 0. The Bertz CT molecular complexity index is 428. The molecule has 1 aromatic rings. The Balaban J connectivity index is 2.79. The van der Waals surface area contributed by atoms with Crippen LogP contribution in [0.2, 0.25) is 0 Å². The van der Waals surface area contributed by atoms with E-state index in [2.05, 4.69) is 5.32 Å². The minimum absolute atomic E-state index is 0.116. The summed E-state index contributed by atoms with van der Waals surface area (Å²) < 4.78 is 4.74. The van der Waals surface area contributed by atoms with Crippen LogP contribution in [0.3, 0.4) is 0 Å². The molecule has 1 N–H and O–H groups in total. The predicted octanol–water partition coefficient (Wildman–Crippen LogP) is 2.15.